The Balaban J connectivity index is 1.27. The van der Waals surface area contributed by atoms with Crippen molar-refractivity contribution in [2.45, 2.75) is 25.3 Å². The molecule has 2 N–H and O–H groups in total. The molecule has 2 aromatic carbocycles. The van der Waals surface area contributed by atoms with Crippen molar-refractivity contribution in [2.24, 2.45) is 5.92 Å². The lowest BCUT2D eigenvalue weighted by molar-refractivity contribution is -0.142. The highest BCUT2D eigenvalue weighted by atomic mass is 16.5. The molecule has 2 amide bonds. The van der Waals surface area contributed by atoms with Crippen molar-refractivity contribution >= 4 is 18.0 Å². The van der Waals surface area contributed by atoms with Gasteiger partial charge in [0.25, 0.3) is 0 Å². The maximum Gasteiger partial charge on any atom is 0.407 e. The van der Waals surface area contributed by atoms with Crippen molar-refractivity contribution in [3.05, 3.63) is 71.8 Å². The van der Waals surface area contributed by atoms with E-state index in [1.165, 1.54) is 17.2 Å². The Kier molecular flexibility index (Phi) is 6.25. The molecule has 0 bridgehead atoms. The van der Waals surface area contributed by atoms with E-state index in [0.29, 0.717) is 13.0 Å². The third kappa shape index (κ3) is 4.23. The van der Waals surface area contributed by atoms with Crippen LogP contribution >= 0.6 is 0 Å². The summed E-state index contributed by atoms with van der Waals surface area (Å²) in [6.45, 7) is 2.53. The molecule has 0 spiro atoms. The third-order valence-corrected chi connectivity index (χ3v) is 6.32. The molecule has 1 saturated heterocycles. The first kappa shape index (κ1) is 21.6. The Bertz CT molecular complexity index is 1020. The smallest absolute Gasteiger partial charge is 0.407 e. The van der Waals surface area contributed by atoms with E-state index < -0.39 is 18.0 Å². The zero-order chi connectivity index (χ0) is 22.7. The number of carboxylic acids is 1. The van der Waals surface area contributed by atoms with Gasteiger partial charge in [-0.15, -0.1) is 0 Å². The fourth-order valence-electron chi connectivity index (χ4n) is 4.63. The number of likely N-dealkylation sites (tertiary alicyclic amines) is 1. The molecule has 1 aliphatic heterocycles. The molecule has 2 unspecified atom stereocenters. The van der Waals surface area contributed by atoms with Crippen molar-refractivity contribution in [1.82, 2.24) is 10.2 Å². The van der Waals surface area contributed by atoms with Gasteiger partial charge < -0.3 is 20.1 Å². The summed E-state index contributed by atoms with van der Waals surface area (Å²) in [4.78, 5) is 37.2. The molecule has 0 aromatic heterocycles. The Morgan fingerprint density at radius 2 is 1.72 bits per heavy atom. The molecule has 2 atom stereocenters. The van der Waals surface area contributed by atoms with E-state index in [9.17, 15) is 19.5 Å². The lowest BCUT2D eigenvalue weighted by atomic mass is 9.98. The average molecular weight is 434 g/mol. The van der Waals surface area contributed by atoms with Crippen molar-refractivity contribution in [2.75, 3.05) is 19.7 Å². The number of nitrogens with zero attached hydrogens (tertiary/aromatic N) is 1. The van der Waals surface area contributed by atoms with Gasteiger partial charge in [0.15, 0.2) is 0 Å². The molecule has 2 aromatic rings. The number of nitrogens with one attached hydrogen (secondary N) is 1. The number of ether oxygens (including phenoxy) is 1. The van der Waals surface area contributed by atoms with Crippen LogP contribution in [0.4, 0.5) is 4.79 Å². The van der Waals surface area contributed by atoms with Gasteiger partial charge in [-0.1, -0.05) is 54.6 Å². The second-order valence-corrected chi connectivity index (χ2v) is 8.11. The minimum absolute atomic E-state index is 0.0101. The highest BCUT2D eigenvalue weighted by molar-refractivity contribution is 5.89. The van der Waals surface area contributed by atoms with Crippen molar-refractivity contribution in [3.63, 3.8) is 0 Å². The van der Waals surface area contributed by atoms with Crippen LogP contribution in [0.15, 0.2) is 60.7 Å². The number of benzene rings is 2. The molecular weight excluding hydrogens is 408 g/mol. The molecule has 4 rings (SSSR count). The van der Waals surface area contributed by atoms with Gasteiger partial charge in [-0.3, -0.25) is 9.59 Å². The number of carbonyl (C=O) groups excluding carboxylic acids is 2. The third-order valence-electron chi connectivity index (χ3n) is 6.32. The van der Waals surface area contributed by atoms with Crippen molar-refractivity contribution in [3.8, 4) is 11.1 Å². The van der Waals surface area contributed by atoms with E-state index in [1.54, 1.807) is 17.9 Å². The van der Waals surface area contributed by atoms with E-state index in [2.05, 4.69) is 29.6 Å². The van der Waals surface area contributed by atoms with Crippen LogP contribution in [0.5, 0.6) is 0 Å². The minimum atomic E-state index is -0.881. The number of amides is 2. The highest BCUT2D eigenvalue weighted by Crippen LogP contribution is 2.44. The number of carbonyl (C=O) groups is 3. The van der Waals surface area contributed by atoms with Gasteiger partial charge >= 0.3 is 12.1 Å². The summed E-state index contributed by atoms with van der Waals surface area (Å²) >= 11 is 0. The lowest BCUT2D eigenvalue weighted by Gasteiger charge is -2.21. The molecular formula is C25H26N2O5. The largest absolute Gasteiger partial charge is 0.481 e. The first-order valence-electron chi connectivity index (χ1n) is 10.8. The summed E-state index contributed by atoms with van der Waals surface area (Å²) in [5.74, 6) is -1.68. The summed E-state index contributed by atoms with van der Waals surface area (Å²) in [6.07, 6.45) is 2.81. The van der Waals surface area contributed by atoms with Gasteiger partial charge in [0, 0.05) is 31.1 Å². The number of carboxylic acid groups (broad SMARTS) is 1. The number of aliphatic carboxylic acids is 1. The monoisotopic (exact) mass is 434 g/mol. The second kappa shape index (κ2) is 9.26. The molecule has 7 nitrogen and oxygen atoms in total. The maximum atomic E-state index is 12.3. The van der Waals surface area contributed by atoms with Gasteiger partial charge in [0.05, 0.1) is 5.92 Å². The summed E-state index contributed by atoms with van der Waals surface area (Å²) < 4.78 is 5.46. The predicted molar refractivity (Wildman–Crippen MR) is 119 cm³/mol. The van der Waals surface area contributed by atoms with Crippen LogP contribution in [0.25, 0.3) is 11.1 Å². The Hall–Kier alpha value is -3.61. The molecule has 1 fully saturated rings. The Labute approximate surface area is 186 Å². The van der Waals surface area contributed by atoms with Crippen molar-refractivity contribution < 1.29 is 24.2 Å². The SMILES string of the molecule is CC1C(C(=O)O)CCN1C(=O)/C=C/CNC(=O)OCC1c2ccccc2-c2ccccc21. The van der Waals surface area contributed by atoms with Gasteiger partial charge in [-0.05, 0) is 35.6 Å². The molecule has 2 aliphatic rings. The first-order valence-corrected chi connectivity index (χ1v) is 10.8. The minimum Gasteiger partial charge on any atom is -0.481 e. The van der Waals surface area contributed by atoms with Crippen LogP contribution in [0.3, 0.4) is 0 Å². The fourth-order valence-corrected chi connectivity index (χ4v) is 4.63. The van der Waals surface area contributed by atoms with Gasteiger partial charge in [0.2, 0.25) is 5.91 Å². The van der Waals surface area contributed by atoms with Crippen LogP contribution in [0, 0.1) is 5.92 Å². The number of rotatable bonds is 6. The van der Waals surface area contributed by atoms with Crippen LogP contribution < -0.4 is 5.32 Å². The molecule has 1 aliphatic carbocycles. The standard InChI is InChI=1S/C25H26N2O5/c1-16-17(24(29)30)12-14-27(16)23(28)11-6-13-26-25(31)32-15-22-20-9-4-2-7-18(20)19-8-3-5-10-21(19)22/h2-11,16-17,22H,12-15H2,1H3,(H,26,31)(H,29,30)/b11-6+. The van der Waals surface area contributed by atoms with Crippen LogP contribution in [-0.4, -0.2) is 53.7 Å². The Morgan fingerprint density at radius 3 is 2.31 bits per heavy atom. The quantitative estimate of drug-likeness (QED) is 0.680. The molecule has 32 heavy (non-hydrogen) atoms. The lowest BCUT2D eigenvalue weighted by Crippen LogP contribution is -2.36. The molecule has 7 heteroatoms. The molecule has 166 valence electrons. The fraction of sp³-hybridized carbons (Fsp3) is 0.320. The van der Waals surface area contributed by atoms with E-state index in [4.69, 9.17) is 4.74 Å². The summed E-state index contributed by atoms with van der Waals surface area (Å²) in [6, 6.07) is 15.9. The topological polar surface area (TPSA) is 95.9 Å². The van der Waals surface area contributed by atoms with E-state index in [-0.39, 0.29) is 31.0 Å². The zero-order valence-electron chi connectivity index (χ0n) is 17.9. The number of hydrogen-bond donors (Lipinski definition) is 2. The summed E-state index contributed by atoms with van der Waals surface area (Å²) in [5, 5.41) is 11.8. The highest BCUT2D eigenvalue weighted by Gasteiger charge is 2.37. The summed E-state index contributed by atoms with van der Waals surface area (Å²) in [7, 11) is 0. The van der Waals surface area contributed by atoms with Crippen LogP contribution in [0.1, 0.15) is 30.4 Å². The van der Waals surface area contributed by atoms with Crippen LogP contribution in [-0.2, 0) is 14.3 Å². The first-order chi connectivity index (χ1) is 15.5. The normalized spacial score (nSPS) is 19.6. The number of hydrogen-bond acceptors (Lipinski definition) is 4. The van der Waals surface area contributed by atoms with Gasteiger partial charge in [-0.25, -0.2) is 4.79 Å². The average Bonchev–Trinajstić information content (AvgIpc) is 3.33. The second-order valence-electron chi connectivity index (χ2n) is 8.11. The molecule has 1 heterocycles. The Morgan fingerprint density at radius 1 is 1.09 bits per heavy atom. The van der Waals surface area contributed by atoms with Crippen molar-refractivity contribution in [1.29, 1.82) is 0 Å². The number of fused-ring (bicyclic) bond motifs is 3. The van der Waals surface area contributed by atoms with Gasteiger partial charge in [0.1, 0.15) is 6.61 Å². The van der Waals surface area contributed by atoms with Gasteiger partial charge in [-0.2, -0.15) is 0 Å². The number of alkyl carbamates (subject to hydrolysis) is 1. The van der Waals surface area contributed by atoms with E-state index in [1.807, 2.05) is 24.3 Å². The summed E-state index contributed by atoms with van der Waals surface area (Å²) in [5.41, 5.74) is 4.62. The predicted octanol–water partition coefficient (Wildman–Crippen LogP) is 3.40. The van der Waals surface area contributed by atoms with Crippen LogP contribution in [0.2, 0.25) is 0 Å². The molecule has 0 radical (unpaired) electrons. The molecule has 0 saturated carbocycles. The maximum absolute atomic E-state index is 12.3. The van der Waals surface area contributed by atoms with E-state index in [0.717, 1.165) is 11.1 Å². The zero-order valence-corrected chi connectivity index (χ0v) is 17.9. The van der Waals surface area contributed by atoms with E-state index >= 15 is 0 Å².